The lowest BCUT2D eigenvalue weighted by Crippen LogP contribution is -2.39. The van der Waals surface area contributed by atoms with Crippen molar-refractivity contribution in [3.63, 3.8) is 0 Å². The van der Waals surface area contributed by atoms with Gasteiger partial charge in [0, 0.05) is 29.9 Å². The Morgan fingerprint density at radius 1 is 1.08 bits per heavy atom. The van der Waals surface area contributed by atoms with E-state index in [-0.39, 0.29) is 30.2 Å². The summed E-state index contributed by atoms with van der Waals surface area (Å²) in [7, 11) is 0. The standard InChI is InChI=1S/C18H24N4O3/c1-12(11-17(24)20-15-5-3-4-6-15)21-22-18(25)14-7-9-16(10-8-14)19-13(2)23/h7-10,15,21H,1,3-6,11H2,2H3,(H,19,23)(H,20,24)(H,22,25). The van der Waals surface area contributed by atoms with Crippen LogP contribution < -0.4 is 21.5 Å². The third-order valence-corrected chi connectivity index (χ3v) is 3.91. The Morgan fingerprint density at radius 3 is 2.32 bits per heavy atom. The van der Waals surface area contributed by atoms with Gasteiger partial charge >= 0.3 is 0 Å². The van der Waals surface area contributed by atoms with Gasteiger partial charge in [-0.15, -0.1) is 0 Å². The molecular weight excluding hydrogens is 320 g/mol. The van der Waals surface area contributed by atoms with Crippen LogP contribution in [-0.2, 0) is 9.59 Å². The van der Waals surface area contributed by atoms with Crippen molar-refractivity contribution in [1.29, 1.82) is 0 Å². The summed E-state index contributed by atoms with van der Waals surface area (Å²) in [6.45, 7) is 5.16. The molecule has 1 aliphatic carbocycles. The highest BCUT2D eigenvalue weighted by atomic mass is 16.2. The number of amides is 3. The summed E-state index contributed by atoms with van der Waals surface area (Å²) in [5.41, 5.74) is 6.61. The molecule has 7 nitrogen and oxygen atoms in total. The third-order valence-electron chi connectivity index (χ3n) is 3.91. The Kier molecular flexibility index (Phi) is 6.56. The van der Waals surface area contributed by atoms with Crippen molar-refractivity contribution in [3.8, 4) is 0 Å². The Morgan fingerprint density at radius 2 is 1.72 bits per heavy atom. The summed E-state index contributed by atoms with van der Waals surface area (Å²) in [4.78, 5) is 34.9. The van der Waals surface area contributed by atoms with Gasteiger partial charge in [-0.2, -0.15) is 0 Å². The molecule has 4 N–H and O–H groups in total. The zero-order valence-corrected chi connectivity index (χ0v) is 14.4. The second-order valence-corrected chi connectivity index (χ2v) is 6.17. The van der Waals surface area contributed by atoms with E-state index in [9.17, 15) is 14.4 Å². The fraction of sp³-hybridized carbons (Fsp3) is 0.389. The molecule has 0 saturated heterocycles. The topological polar surface area (TPSA) is 99.3 Å². The molecule has 1 fully saturated rings. The number of rotatable bonds is 7. The predicted octanol–water partition coefficient (Wildman–Crippen LogP) is 1.84. The van der Waals surface area contributed by atoms with E-state index in [1.165, 1.54) is 6.92 Å². The molecule has 1 aliphatic rings. The summed E-state index contributed by atoms with van der Waals surface area (Å²) in [5, 5.41) is 5.59. The maximum atomic E-state index is 12.0. The van der Waals surface area contributed by atoms with Gasteiger partial charge in [-0.3, -0.25) is 19.8 Å². The van der Waals surface area contributed by atoms with Crippen LogP contribution in [-0.4, -0.2) is 23.8 Å². The summed E-state index contributed by atoms with van der Waals surface area (Å²) in [6.07, 6.45) is 4.47. The van der Waals surface area contributed by atoms with Crippen molar-refractivity contribution < 1.29 is 14.4 Å². The van der Waals surface area contributed by atoms with Crippen molar-refractivity contribution >= 4 is 23.4 Å². The number of anilines is 1. The van der Waals surface area contributed by atoms with Crippen LogP contribution in [0.1, 0.15) is 49.4 Å². The molecule has 0 radical (unpaired) electrons. The SMILES string of the molecule is C=C(CC(=O)NC1CCCC1)NNC(=O)c1ccc(NC(C)=O)cc1. The first-order valence-corrected chi connectivity index (χ1v) is 8.35. The molecule has 7 heteroatoms. The van der Waals surface area contributed by atoms with Crippen LogP contribution in [0.5, 0.6) is 0 Å². The first kappa shape index (κ1) is 18.5. The van der Waals surface area contributed by atoms with Crippen molar-refractivity contribution in [2.24, 2.45) is 0 Å². The maximum absolute atomic E-state index is 12.0. The first-order chi connectivity index (χ1) is 11.9. The zero-order chi connectivity index (χ0) is 18.2. The van der Waals surface area contributed by atoms with E-state index in [1.807, 2.05) is 0 Å². The van der Waals surface area contributed by atoms with Gasteiger partial charge in [-0.05, 0) is 37.1 Å². The number of carbonyl (C=O) groups is 3. The summed E-state index contributed by atoms with van der Waals surface area (Å²) < 4.78 is 0. The lowest BCUT2D eigenvalue weighted by molar-refractivity contribution is -0.121. The van der Waals surface area contributed by atoms with Gasteiger partial charge in [-0.1, -0.05) is 19.4 Å². The molecule has 2 rings (SSSR count). The van der Waals surface area contributed by atoms with Crippen molar-refractivity contribution in [2.75, 3.05) is 5.32 Å². The maximum Gasteiger partial charge on any atom is 0.269 e. The molecule has 0 aliphatic heterocycles. The van der Waals surface area contributed by atoms with Crippen LogP contribution >= 0.6 is 0 Å². The van der Waals surface area contributed by atoms with E-state index in [4.69, 9.17) is 0 Å². The van der Waals surface area contributed by atoms with Gasteiger partial charge in [-0.25, -0.2) is 0 Å². The number of carbonyl (C=O) groups excluding carboxylic acids is 3. The van der Waals surface area contributed by atoms with E-state index >= 15 is 0 Å². The molecule has 0 unspecified atom stereocenters. The molecule has 1 aromatic rings. The molecule has 0 aromatic heterocycles. The third kappa shape index (κ3) is 6.29. The second-order valence-electron chi connectivity index (χ2n) is 6.17. The molecule has 0 bridgehead atoms. The van der Waals surface area contributed by atoms with E-state index in [0.29, 0.717) is 16.9 Å². The molecule has 1 aromatic carbocycles. The Labute approximate surface area is 147 Å². The lowest BCUT2D eigenvalue weighted by atomic mass is 10.2. The minimum atomic E-state index is -0.355. The van der Waals surface area contributed by atoms with Crippen LogP contribution in [0.25, 0.3) is 0 Å². The van der Waals surface area contributed by atoms with E-state index < -0.39 is 0 Å². The van der Waals surface area contributed by atoms with Gasteiger partial charge in [0.1, 0.15) is 0 Å². The summed E-state index contributed by atoms with van der Waals surface area (Å²) in [5.74, 6) is -0.629. The van der Waals surface area contributed by atoms with Crippen molar-refractivity contribution in [1.82, 2.24) is 16.2 Å². The molecule has 0 atom stereocenters. The molecule has 0 spiro atoms. The van der Waals surface area contributed by atoms with Crippen LogP contribution in [0.2, 0.25) is 0 Å². The second kappa shape index (κ2) is 8.86. The van der Waals surface area contributed by atoms with Crippen molar-refractivity contribution in [3.05, 3.63) is 42.1 Å². The number of hydrazine groups is 1. The number of benzene rings is 1. The van der Waals surface area contributed by atoms with Crippen LogP contribution in [0, 0.1) is 0 Å². The zero-order valence-electron chi connectivity index (χ0n) is 14.4. The van der Waals surface area contributed by atoms with Gasteiger partial charge in [0.25, 0.3) is 5.91 Å². The predicted molar refractivity (Wildman–Crippen MR) is 95.5 cm³/mol. The monoisotopic (exact) mass is 344 g/mol. The van der Waals surface area contributed by atoms with Crippen LogP contribution in [0.3, 0.4) is 0 Å². The van der Waals surface area contributed by atoms with E-state index in [1.54, 1.807) is 24.3 Å². The average molecular weight is 344 g/mol. The Hall–Kier alpha value is -2.83. The van der Waals surface area contributed by atoms with Gasteiger partial charge in [0.2, 0.25) is 11.8 Å². The average Bonchev–Trinajstić information content (AvgIpc) is 3.05. The molecule has 3 amide bonds. The van der Waals surface area contributed by atoms with E-state index in [0.717, 1.165) is 25.7 Å². The Balaban J connectivity index is 1.73. The number of nitrogens with one attached hydrogen (secondary N) is 4. The minimum absolute atomic E-state index is 0.0988. The fourth-order valence-electron chi connectivity index (χ4n) is 2.71. The highest BCUT2D eigenvalue weighted by Crippen LogP contribution is 2.17. The fourth-order valence-corrected chi connectivity index (χ4v) is 2.71. The largest absolute Gasteiger partial charge is 0.353 e. The highest BCUT2D eigenvalue weighted by Gasteiger charge is 2.17. The van der Waals surface area contributed by atoms with Gasteiger partial charge in [0.05, 0.1) is 6.42 Å². The first-order valence-electron chi connectivity index (χ1n) is 8.35. The number of hydrogen-bond acceptors (Lipinski definition) is 4. The summed E-state index contributed by atoms with van der Waals surface area (Å²) in [6, 6.07) is 6.73. The van der Waals surface area contributed by atoms with Gasteiger partial charge in [0.15, 0.2) is 0 Å². The molecule has 1 saturated carbocycles. The summed E-state index contributed by atoms with van der Waals surface area (Å²) >= 11 is 0. The molecule has 25 heavy (non-hydrogen) atoms. The van der Waals surface area contributed by atoms with E-state index in [2.05, 4.69) is 28.1 Å². The van der Waals surface area contributed by atoms with Crippen LogP contribution in [0.15, 0.2) is 36.5 Å². The van der Waals surface area contributed by atoms with Gasteiger partial charge < -0.3 is 16.1 Å². The minimum Gasteiger partial charge on any atom is -0.353 e. The smallest absolute Gasteiger partial charge is 0.269 e. The normalized spacial score (nSPS) is 13.8. The Bertz CT molecular complexity index is 649. The highest BCUT2D eigenvalue weighted by molar-refractivity contribution is 5.95. The quantitative estimate of drug-likeness (QED) is 0.567. The number of hydrogen-bond donors (Lipinski definition) is 4. The molecule has 134 valence electrons. The molecular formula is C18H24N4O3. The van der Waals surface area contributed by atoms with Crippen molar-refractivity contribution in [2.45, 2.75) is 45.1 Å². The lowest BCUT2D eigenvalue weighted by Gasteiger charge is -2.14. The van der Waals surface area contributed by atoms with Crippen LogP contribution in [0.4, 0.5) is 5.69 Å². The molecule has 0 heterocycles.